The number of aryl methyl sites for hydroxylation is 1. The van der Waals surface area contributed by atoms with E-state index in [1.165, 1.54) is 11.1 Å². The molecule has 130 valence electrons. The van der Waals surface area contributed by atoms with Gasteiger partial charge in [-0.15, -0.1) is 11.3 Å². The average molecular weight is 355 g/mol. The summed E-state index contributed by atoms with van der Waals surface area (Å²) in [6, 6.07) is 8.63. The van der Waals surface area contributed by atoms with Crippen LogP contribution < -0.4 is 5.32 Å². The highest BCUT2D eigenvalue weighted by molar-refractivity contribution is 7.11. The maximum Gasteiger partial charge on any atom is 0.427 e. The van der Waals surface area contributed by atoms with E-state index in [4.69, 9.17) is 0 Å². The molecule has 3 nitrogen and oxygen atoms in total. The highest BCUT2D eigenvalue weighted by Gasteiger charge is 2.34. The first kappa shape index (κ1) is 17.4. The Morgan fingerprint density at radius 3 is 2.67 bits per heavy atom. The fraction of sp³-hybridized carbons (Fsp3) is 0.471. The number of benzene rings is 1. The molecule has 1 saturated heterocycles. The normalized spacial score (nSPS) is 19.6. The minimum atomic E-state index is -4.31. The molecule has 1 unspecified atom stereocenters. The van der Waals surface area contributed by atoms with Gasteiger partial charge in [-0.2, -0.15) is 13.2 Å². The van der Waals surface area contributed by atoms with Gasteiger partial charge in [-0.3, -0.25) is 4.90 Å². The molecule has 1 aliphatic rings. The molecule has 3 rings (SSSR count). The summed E-state index contributed by atoms with van der Waals surface area (Å²) in [5, 5.41) is 3.88. The Hall–Kier alpha value is -1.44. The van der Waals surface area contributed by atoms with Crippen molar-refractivity contribution < 1.29 is 13.2 Å². The van der Waals surface area contributed by atoms with Gasteiger partial charge in [-0.1, -0.05) is 31.2 Å². The van der Waals surface area contributed by atoms with Crippen LogP contribution >= 0.6 is 11.3 Å². The molecule has 1 fully saturated rings. The van der Waals surface area contributed by atoms with Crippen molar-refractivity contribution in [3.63, 3.8) is 0 Å². The number of aromatic nitrogens is 1. The smallest absolute Gasteiger partial charge is 0.314 e. The second kappa shape index (κ2) is 7.21. The van der Waals surface area contributed by atoms with Gasteiger partial charge in [0.2, 0.25) is 0 Å². The van der Waals surface area contributed by atoms with Crippen LogP contribution in [-0.2, 0) is 19.1 Å². The maximum absolute atomic E-state index is 12.7. The van der Waals surface area contributed by atoms with Gasteiger partial charge >= 0.3 is 6.18 Å². The van der Waals surface area contributed by atoms with E-state index >= 15 is 0 Å². The fourth-order valence-electron chi connectivity index (χ4n) is 2.93. The van der Waals surface area contributed by atoms with Crippen molar-refractivity contribution in [1.29, 1.82) is 0 Å². The highest BCUT2D eigenvalue weighted by Crippen LogP contribution is 2.34. The monoisotopic (exact) mass is 355 g/mol. The number of halogens is 3. The molecule has 0 aliphatic carbocycles. The van der Waals surface area contributed by atoms with E-state index in [0.717, 1.165) is 43.6 Å². The molecular weight excluding hydrogens is 335 g/mol. The summed E-state index contributed by atoms with van der Waals surface area (Å²) < 4.78 is 38.2. The Balaban J connectivity index is 1.75. The number of thiazole rings is 1. The number of piperazine rings is 1. The Kier molecular flexibility index (Phi) is 5.22. The van der Waals surface area contributed by atoms with E-state index in [9.17, 15) is 13.2 Å². The first-order valence-corrected chi connectivity index (χ1v) is 8.84. The number of nitrogens with one attached hydrogen (secondary N) is 1. The summed E-state index contributed by atoms with van der Waals surface area (Å²) in [7, 11) is 0. The predicted molar refractivity (Wildman–Crippen MR) is 89.0 cm³/mol. The van der Waals surface area contributed by atoms with Crippen molar-refractivity contribution in [2.45, 2.75) is 32.1 Å². The summed E-state index contributed by atoms with van der Waals surface area (Å²) in [5.74, 6) is 0. The molecule has 1 aromatic carbocycles. The van der Waals surface area contributed by atoms with Gasteiger partial charge in [0.25, 0.3) is 0 Å². The summed E-state index contributed by atoms with van der Waals surface area (Å²) in [6.45, 7) is 4.98. The third-order valence-corrected chi connectivity index (χ3v) is 5.33. The molecule has 2 aromatic rings. The average Bonchev–Trinajstić information content (AvgIpc) is 3.04. The van der Waals surface area contributed by atoms with Gasteiger partial charge in [0.05, 0.1) is 12.7 Å². The van der Waals surface area contributed by atoms with Crippen LogP contribution in [-0.4, -0.2) is 29.5 Å². The molecule has 0 spiro atoms. The summed E-state index contributed by atoms with van der Waals surface area (Å²) in [5.41, 5.74) is 2.47. The molecule has 1 N–H and O–H groups in total. The number of alkyl halides is 3. The van der Waals surface area contributed by atoms with Gasteiger partial charge in [0, 0.05) is 25.7 Å². The van der Waals surface area contributed by atoms with E-state index in [1.807, 2.05) is 0 Å². The van der Waals surface area contributed by atoms with Crippen molar-refractivity contribution in [3.05, 3.63) is 51.5 Å². The molecule has 7 heteroatoms. The lowest BCUT2D eigenvalue weighted by Crippen LogP contribution is -2.45. The van der Waals surface area contributed by atoms with Crippen LogP contribution in [0.2, 0.25) is 0 Å². The molecule has 0 amide bonds. The van der Waals surface area contributed by atoms with Crippen LogP contribution in [0, 0.1) is 0 Å². The van der Waals surface area contributed by atoms with Gasteiger partial charge in [-0.05, 0) is 17.5 Å². The van der Waals surface area contributed by atoms with Crippen LogP contribution in [0.15, 0.2) is 30.5 Å². The molecule has 2 heterocycles. The molecule has 0 bridgehead atoms. The molecule has 0 saturated carbocycles. The number of nitrogens with zero attached hydrogens (tertiary/aromatic N) is 2. The third kappa shape index (κ3) is 3.96. The zero-order valence-electron chi connectivity index (χ0n) is 13.4. The second-order valence-corrected chi connectivity index (χ2v) is 7.02. The number of hydrogen-bond donors (Lipinski definition) is 1. The standard InChI is InChI=1S/C17H20F3N3S/c1-2-12-3-5-13(6-4-12)14-9-21-7-8-23(14)11-16-22-10-15(24-16)17(18,19)20/h3-6,10,14,21H,2,7-9,11H2,1H3. The van der Waals surface area contributed by atoms with Gasteiger partial charge in [0.1, 0.15) is 9.88 Å². The number of rotatable bonds is 4. The van der Waals surface area contributed by atoms with Crippen LogP contribution in [0.4, 0.5) is 13.2 Å². The van der Waals surface area contributed by atoms with Crippen molar-refractivity contribution in [2.75, 3.05) is 19.6 Å². The van der Waals surface area contributed by atoms with Crippen LogP contribution in [0.25, 0.3) is 0 Å². The lowest BCUT2D eigenvalue weighted by Gasteiger charge is -2.36. The zero-order valence-corrected chi connectivity index (χ0v) is 14.3. The van der Waals surface area contributed by atoms with E-state index < -0.39 is 11.1 Å². The Labute approximate surface area is 143 Å². The first-order valence-electron chi connectivity index (χ1n) is 8.03. The van der Waals surface area contributed by atoms with Crippen LogP contribution in [0.5, 0.6) is 0 Å². The lowest BCUT2D eigenvalue weighted by atomic mass is 10.0. The summed E-state index contributed by atoms with van der Waals surface area (Å²) in [6.07, 6.45) is -2.38. The largest absolute Gasteiger partial charge is 0.427 e. The van der Waals surface area contributed by atoms with E-state index in [2.05, 4.69) is 46.4 Å². The lowest BCUT2D eigenvalue weighted by molar-refractivity contribution is -0.134. The predicted octanol–water partition coefficient (Wildman–Crippen LogP) is 3.87. The SMILES string of the molecule is CCc1ccc(C2CNCCN2Cc2ncc(C(F)(F)F)s2)cc1. The molecule has 0 radical (unpaired) electrons. The van der Waals surface area contributed by atoms with E-state index in [-0.39, 0.29) is 6.04 Å². The quantitative estimate of drug-likeness (QED) is 0.902. The molecule has 1 aliphatic heterocycles. The summed E-state index contributed by atoms with van der Waals surface area (Å²) >= 11 is 0.739. The Morgan fingerprint density at radius 1 is 1.29 bits per heavy atom. The number of hydrogen-bond acceptors (Lipinski definition) is 4. The van der Waals surface area contributed by atoms with Gasteiger partial charge < -0.3 is 5.32 Å². The zero-order chi connectivity index (χ0) is 17.2. The fourth-order valence-corrected chi connectivity index (χ4v) is 3.74. The minimum Gasteiger partial charge on any atom is -0.314 e. The van der Waals surface area contributed by atoms with Crippen molar-refractivity contribution in [3.8, 4) is 0 Å². The van der Waals surface area contributed by atoms with Crippen molar-refractivity contribution in [2.24, 2.45) is 0 Å². The van der Waals surface area contributed by atoms with Crippen LogP contribution in [0.1, 0.15) is 34.0 Å². The Bertz CT molecular complexity index is 666. The highest BCUT2D eigenvalue weighted by atomic mass is 32.1. The van der Waals surface area contributed by atoms with Crippen LogP contribution in [0.3, 0.4) is 0 Å². The van der Waals surface area contributed by atoms with E-state index in [0.29, 0.717) is 11.6 Å². The van der Waals surface area contributed by atoms with Gasteiger partial charge in [-0.25, -0.2) is 4.98 Å². The minimum absolute atomic E-state index is 0.155. The molecule has 24 heavy (non-hydrogen) atoms. The van der Waals surface area contributed by atoms with E-state index in [1.54, 1.807) is 0 Å². The summed E-state index contributed by atoms with van der Waals surface area (Å²) in [4.78, 5) is 5.55. The first-order chi connectivity index (χ1) is 11.5. The molecule has 1 aromatic heterocycles. The molecular formula is C17H20F3N3S. The Morgan fingerprint density at radius 2 is 2.04 bits per heavy atom. The maximum atomic E-state index is 12.7. The van der Waals surface area contributed by atoms with Crippen molar-refractivity contribution >= 4 is 11.3 Å². The van der Waals surface area contributed by atoms with Crippen molar-refractivity contribution in [1.82, 2.24) is 15.2 Å². The molecule has 1 atom stereocenters. The second-order valence-electron chi connectivity index (χ2n) is 5.90. The topological polar surface area (TPSA) is 28.2 Å². The van der Waals surface area contributed by atoms with Gasteiger partial charge in [0.15, 0.2) is 0 Å². The third-order valence-electron chi connectivity index (χ3n) is 4.30.